The van der Waals surface area contributed by atoms with Crippen LogP contribution in [0.5, 0.6) is 0 Å². The van der Waals surface area contributed by atoms with Crippen LogP contribution in [0, 0.1) is 0 Å². The van der Waals surface area contributed by atoms with Gasteiger partial charge in [-0.3, -0.25) is 14.5 Å². The number of furan rings is 1. The van der Waals surface area contributed by atoms with Crippen LogP contribution < -0.4 is 5.32 Å². The van der Waals surface area contributed by atoms with Gasteiger partial charge in [-0.25, -0.2) is 4.79 Å². The van der Waals surface area contributed by atoms with E-state index >= 15 is 0 Å². The largest absolute Gasteiger partial charge is 0.467 e. The standard InChI is InChI=1S/C26H33N5O4/c1-26(2)24(33)31(25(34)28-26)13-10-17-8-9-21-20(15-17)19(11-12-29(3)4)22(27-21)23(32)30(5)16-18-7-6-14-35-18/h6-9,14-15,27H,10-13,16H2,1-5H3,(H,28,34). The van der Waals surface area contributed by atoms with Gasteiger partial charge in [0.05, 0.1) is 12.8 Å². The number of hydrogen-bond donors (Lipinski definition) is 2. The van der Waals surface area contributed by atoms with Crippen molar-refractivity contribution in [2.24, 2.45) is 0 Å². The molecule has 2 aromatic heterocycles. The molecule has 9 nitrogen and oxygen atoms in total. The molecular weight excluding hydrogens is 446 g/mol. The number of nitrogens with one attached hydrogen (secondary N) is 2. The number of aromatic amines is 1. The van der Waals surface area contributed by atoms with E-state index in [0.717, 1.165) is 34.3 Å². The molecule has 0 saturated carbocycles. The Bertz CT molecular complexity index is 1240. The molecule has 1 aliphatic rings. The first-order valence-electron chi connectivity index (χ1n) is 11.8. The second-order valence-corrected chi connectivity index (χ2v) is 9.91. The number of nitrogens with zero attached hydrogens (tertiary/aromatic N) is 3. The van der Waals surface area contributed by atoms with Crippen molar-refractivity contribution in [3.63, 3.8) is 0 Å². The molecule has 3 heterocycles. The molecular formula is C26H33N5O4. The topological polar surface area (TPSA) is 102 Å². The van der Waals surface area contributed by atoms with Gasteiger partial charge in [-0.2, -0.15) is 0 Å². The van der Waals surface area contributed by atoms with Crippen LogP contribution in [0.25, 0.3) is 10.9 Å². The number of hydrogen-bond acceptors (Lipinski definition) is 5. The number of carbonyl (C=O) groups is 3. The number of urea groups is 1. The van der Waals surface area contributed by atoms with Crippen molar-refractivity contribution >= 4 is 28.7 Å². The van der Waals surface area contributed by atoms with Crippen LogP contribution in [-0.2, 0) is 24.2 Å². The molecule has 0 spiro atoms. The number of amides is 4. The second-order valence-electron chi connectivity index (χ2n) is 9.91. The average molecular weight is 480 g/mol. The summed E-state index contributed by atoms with van der Waals surface area (Å²) in [6.07, 6.45) is 2.83. The highest BCUT2D eigenvalue weighted by Crippen LogP contribution is 2.27. The highest BCUT2D eigenvalue weighted by Gasteiger charge is 2.43. The van der Waals surface area contributed by atoms with Gasteiger partial charge in [-0.05, 0) is 76.2 Å². The van der Waals surface area contributed by atoms with Crippen LogP contribution in [0.3, 0.4) is 0 Å². The molecule has 9 heteroatoms. The lowest BCUT2D eigenvalue weighted by molar-refractivity contribution is -0.130. The molecule has 1 saturated heterocycles. The van der Waals surface area contributed by atoms with Crippen LogP contribution >= 0.6 is 0 Å². The van der Waals surface area contributed by atoms with E-state index in [0.29, 0.717) is 31.6 Å². The minimum atomic E-state index is -0.877. The Labute approximate surface area is 205 Å². The zero-order valence-corrected chi connectivity index (χ0v) is 21.0. The molecule has 0 aliphatic carbocycles. The van der Waals surface area contributed by atoms with Crippen molar-refractivity contribution in [1.82, 2.24) is 25.0 Å². The van der Waals surface area contributed by atoms with E-state index in [4.69, 9.17) is 4.42 Å². The fraction of sp³-hybridized carbons (Fsp3) is 0.423. The van der Waals surface area contributed by atoms with Gasteiger partial charge in [-0.1, -0.05) is 6.07 Å². The lowest BCUT2D eigenvalue weighted by Crippen LogP contribution is -2.40. The normalized spacial score (nSPS) is 15.3. The van der Waals surface area contributed by atoms with E-state index in [1.165, 1.54) is 4.90 Å². The molecule has 186 valence electrons. The van der Waals surface area contributed by atoms with Gasteiger partial charge in [0.15, 0.2) is 0 Å². The SMILES string of the molecule is CN(C)CCc1c(C(=O)N(C)Cc2ccco2)[nH]c2ccc(CCN3C(=O)NC(C)(C)C3=O)cc12. The Morgan fingerprint density at radius 1 is 1.11 bits per heavy atom. The van der Waals surface area contributed by atoms with E-state index in [2.05, 4.69) is 21.3 Å². The molecule has 0 unspecified atom stereocenters. The van der Waals surface area contributed by atoms with Crippen LogP contribution in [0.2, 0.25) is 0 Å². The number of fused-ring (bicyclic) bond motifs is 1. The molecule has 1 fully saturated rings. The molecule has 2 N–H and O–H groups in total. The van der Waals surface area contributed by atoms with Gasteiger partial charge in [0.25, 0.3) is 11.8 Å². The van der Waals surface area contributed by atoms with Crippen LogP contribution in [0.1, 0.15) is 41.2 Å². The highest BCUT2D eigenvalue weighted by atomic mass is 16.3. The smallest absolute Gasteiger partial charge is 0.325 e. The summed E-state index contributed by atoms with van der Waals surface area (Å²) in [5, 5.41) is 3.70. The van der Waals surface area contributed by atoms with Crippen molar-refractivity contribution in [3.05, 3.63) is 59.2 Å². The number of H-pyrrole nitrogens is 1. The lowest BCUT2D eigenvalue weighted by Gasteiger charge is -2.17. The first-order valence-corrected chi connectivity index (χ1v) is 11.8. The van der Waals surface area contributed by atoms with E-state index in [-0.39, 0.29) is 17.8 Å². The highest BCUT2D eigenvalue weighted by molar-refractivity contribution is 6.06. The third-order valence-corrected chi connectivity index (χ3v) is 6.38. The summed E-state index contributed by atoms with van der Waals surface area (Å²) < 4.78 is 5.40. The fourth-order valence-electron chi connectivity index (χ4n) is 4.39. The summed E-state index contributed by atoms with van der Waals surface area (Å²) in [6, 6.07) is 9.29. The minimum Gasteiger partial charge on any atom is -0.467 e. The molecule has 1 aliphatic heterocycles. The van der Waals surface area contributed by atoms with Crippen molar-refractivity contribution < 1.29 is 18.8 Å². The number of likely N-dealkylation sites (N-methyl/N-ethyl adjacent to an activating group) is 1. The van der Waals surface area contributed by atoms with E-state index in [1.807, 2.05) is 32.3 Å². The van der Waals surface area contributed by atoms with Crippen LogP contribution in [-0.4, -0.2) is 77.3 Å². The zero-order valence-electron chi connectivity index (χ0n) is 21.0. The number of rotatable bonds is 9. The first kappa shape index (κ1) is 24.5. The maximum absolute atomic E-state index is 13.4. The van der Waals surface area contributed by atoms with Gasteiger partial charge >= 0.3 is 6.03 Å². The summed E-state index contributed by atoms with van der Waals surface area (Å²) in [4.78, 5) is 46.4. The van der Waals surface area contributed by atoms with Crippen LogP contribution in [0.15, 0.2) is 41.0 Å². The van der Waals surface area contributed by atoms with Crippen molar-refractivity contribution in [2.45, 2.75) is 38.8 Å². The van der Waals surface area contributed by atoms with E-state index < -0.39 is 5.54 Å². The molecule has 4 amide bonds. The Morgan fingerprint density at radius 3 is 2.51 bits per heavy atom. The average Bonchev–Trinajstić information content (AvgIpc) is 3.48. The molecule has 4 rings (SSSR count). The maximum Gasteiger partial charge on any atom is 0.325 e. The monoisotopic (exact) mass is 479 g/mol. The van der Waals surface area contributed by atoms with E-state index in [1.54, 1.807) is 38.1 Å². The molecule has 0 radical (unpaired) electrons. The number of aromatic nitrogens is 1. The Morgan fingerprint density at radius 2 is 1.89 bits per heavy atom. The van der Waals surface area contributed by atoms with E-state index in [9.17, 15) is 14.4 Å². The molecule has 1 aromatic carbocycles. The number of carbonyl (C=O) groups excluding carboxylic acids is 3. The zero-order chi connectivity index (χ0) is 25.3. The van der Waals surface area contributed by atoms with Gasteiger partial charge in [0.1, 0.15) is 17.0 Å². The third kappa shape index (κ3) is 5.09. The Kier molecular flexibility index (Phi) is 6.71. The molecule has 3 aromatic rings. The van der Waals surface area contributed by atoms with Crippen molar-refractivity contribution in [3.8, 4) is 0 Å². The van der Waals surface area contributed by atoms with Crippen molar-refractivity contribution in [2.75, 3.05) is 34.2 Å². The fourth-order valence-corrected chi connectivity index (χ4v) is 4.39. The Balaban J connectivity index is 1.59. The van der Waals surface area contributed by atoms with Gasteiger partial charge in [0, 0.05) is 31.0 Å². The predicted octanol–water partition coefficient (Wildman–Crippen LogP) is 3.01. The first-order chi connectivity index (χ1) is 16.6. The summed E-state index contributed by atoms with van der Waals surface area (Å²) in [5.74, 6) is 0.400. The number of benzene rings is 1. The predicted molar refractivity (Wildman–Crippen MR) is 133 cm³/mol. The lowest BCUT2D eigenvalue weighted by atomic mass is 10.0. The molecule has 0 atom stereocenters. The summed E-state index contributed by atoms with van der Waals surface area (Å²) in [7, 11) is 5.77. The molecule has 35 heavy (non-hydrogen) atoms. The van der Waals surface area contributed by atoms with Crippen molar-refractivity contribution in [1.29, 1.82) is 0 Å². The maximum atomic E-state index is 13.4. The minimum absolute atomic E-state index is 0.102. The second kappa shape index (κ2) is 9.58. The van der Waals surface area contributed by atoms with Crippen LogP contribution in [0.4, 0.5) is 4.79 Å². The van der Waals surface area contributed by atoms with Gasteiger partial charge in [0.2, 0.25) is 0 Å². The molecule has 0 bridgehead atoms. The summed E-state index contributed by atoms with van der Waals surface area (Å²) >= 11 is 0. The third-order valence-electron chi connectivity index (χ3n) is 6.38. The Hall–Kier alpha value is -3.59. The summed E-state index contributed by atoms with van der Waals surface area (Å²) in [6.45, 7) is 4.88. The quantitative estimate of drug-likeness (QED) is 0.460. The van der Waals surface area contributed by atoms with Gasteiger partial charge in [-0.15, -0.1) is 0 Å². The number of imide groups is 1. The summed E-state index contributed by atoms with van der Waals surface area (Å²) in [5.41, 5.74) is 2.54. The van der Waals surface area contributed by atoms with Gasteiger partial charge < -0.3 is 24.5 Å².